The van der Waals surface area contributed by atoms with Gasteiger partial charge in [-0.25, -0.2) is 18.5 Å². The number of nitrogens with one attached hydrogen (secondary N) is 1. The zero-order valence-electron chi connectivity index (χ0n) is 12.4. The molecular weight excluding hydrogens is 379 g/mol. The van der Waals surface area contributed by atoms with Crippen molar-refractivity contribution in [1.82, 2.24) is 4.98 Å². The molecule has 1 aromatic heterocycles. The van der Waals surface area contributed by atoms with Gasteiger partial charge in [-0.15, -0.1) is 0 Å². The molecule has 134 valence electrons. The van der Waals surface area contributed by atoms with E-state index in [0.717, 1.165) is 6.20 Å². The molecule has 11 heteroatoms. The van der Waals surface area contributed by atoms with Crippen molar-refractivity contribution >= 4 is 33.4 Å². The number of carbonyl (C=O) groups excluding carboxylic acids is 1. The van der Waals surface area contributed by atoms with Crippen molar-refractivity contribution in [2.24, 2.45) is 5.14 Å². The zero-order chi connectivity index (χ0) is 18.7. The third-order valence-electron chi connectivity index (χ3n) is 2.78. The molecule has 0 saturated carbocycles. The predicted molar refractivity (Wildman–Crippen MR) is 87.4 cm³/mol. The number of anilines is 1. The highest BCUT2D eigenvalue weighted by atomic mass is 32.2. The first-order valence-electron chi connectivity index (χ1n) is 6.65. The fourth-order valence-electron chi connectivity index (χ4n) is 1.92. The first kappa shape index (κ1) is 19.2. The van der Waals surface area contributed by atoms with Crippen molar-refractivity contribution in [2.45, 2.75) is 16.3 Å². The van der Waals surface area contributed by atoms with Crippen molar-refractivity contribution in [3.63, 3.8) is 0 Å². The SMILES string of the molecule is NS(=O)(=O)Cc1cccc(NC(=O)c2cccnc2SC(F)(F)F)c1. The minimum Gasteiger partial charge on any atom is -0.322 e. The molecule has 0 unspecified atom stereocenters. The summed E-state index contributed by atoms with van der Waals surface area (Å²) in [4.78, 5) is 15.8. The second-order valence-electron chi connectivity index (χ2n) is 4.87. The standard InChI is InChI=1S/C14H12F3N3O3S2/c15-14(16,17)24-13-11(5-2-6-19-13)12(21)20-10-4-1-3-9(7-10)8-25(18,22)23/h1-7H,8H2,(H,20,21)(H2,18,22,23). The fourth-order valence-corrected chi connectivity index (χ4v) is 3.17. The van der Waals surface area contributed by atoms with Crippen molar-refractivity contribution < 1.29 is 26.4 Å². The molecule has 2 aromatic rings. The van der Waals surface area contributed by atoms with Crippen LogP contribution in [-0.2, 0) is 15.8 Å². The Morgan fingerprint density at radius 2 is 1.96 bits per heavy atom. The second-order valence-corrected chi connectivity index (χ2v) is 7.53. The predicted octanol–water partition coefficient (Wildman–Crippen LogP) is 2.73. The van der Waals surface area contributed by atoms with Gasteiger partial charge >= 0.3 is 5.51 Å². The van der Waals surface area contributed by atoms with Gasteiger partial charge in [-0.2, -0.15) is 13.2 Å². The number of halogens is 3. The molecule has 6 nitrogen and oxygen atoms in total. The molecule has 0 spiro atoms. The van der Waals surface area contributed by atoms with E-state index < -0.39 is 44.0 Å². The van der Waals surface area contributed by atoms with E-state index in [4.69, 9.17) is 5.14 Å². The summed E-state index contributed by atoms with van der Waals surface area (Å²) in [5.74, 6) is -1.23. The molecule has 1 heterocycles. The number of sulfonamides is 1. The Balaban J connectivity index is 2.22. The van der Waals surface area contributed by atoms with E-state index in [1.54, 1.807) is 0 Å². The van der Waals surface area contributed by atoms with E-state index in [1.807, 2.05) is 0 Å². The minimum atomic E-state index is -4.58. The molecule has 0 bridgehead atoms. The third-order valence-corrected chi connectivity index (χ3v) is 4.27. The molecule has 0 fully saturated rings. The van der Waals surface area contributed by atoms with E-state index >= 15 is 0 Å². The van der Waals surface area contributed by atoms with Crippen LogP contribution in [0.3, 0.4) is 0 Å². The van der Waals surface area contributed by atoms with E-state index in [-0.39, 0.29) is 11.3 Å². The lowest BCUT2D eigenvalue weighted by molar-refractivity contribution is -0.0329. The Kier molecular flexibility index (Phi) is 5.70. The molecule has 0 atom stereocenters. The normalized spacial score (nSPS) is 12.0. The van der Waals surface area contributed by atoms with Crippen LogP contribution in [0.25, 0.3) is 0 Å². The summed E-state index contributed by atoms with van der Waals surface area (Å²) in [6.07, 6.45) is 1.15. The van der Waals surface area contributed by atoms with Gasteiger partial charge < -0.3 is 5.32 Å². The minimum absolute atomic E-state index is 0.220. The summed E-state index contributed by atoms with van der Waals surface area (Å²) in [7, 11) is -3.75. The Morgan fingerprint density at radius 3 is 2.60 bits per heavy atom. The number of hydrogen-bond acceptors (Lipinski definition) is 5. The second kappa shape index (κ2) is 7.42. The van der Waals surface area contributed by atoms with Crippen LogP contribution in [0.4, 0.5) is 18.9 Å². The highest BCUT2D eigenvalue weighted by Gasteiger charge is 2.32. The van der Waals surface area contributed by atoms with Gasteiger partial charge in [0.2, 0.25) is 10.0 Å². The Morgan fingerprint density at radius 1 is 1.24 bits per heavy atom. The zero-order valence-corrected chi connectivity index (χ0v) is 14.1. The largest absolute Gasteiger partial charge is 0.447 e. The van der Waals surface area contributed by atoms with Crippen LogP contribution in [0.2, 0.25) is 0 Å². The summed E-state index contributed by atoms with van der Waals surface area (Å²) in [5.41, 5.74) is -4.28. The van der Waals surface area contributed by atoms with E-state index in [2.05, 4.69) is 10.3 Å². The first-order valence-corrected chi connectivity index (χ1v) is 9.18. The average Bonchev–Trinajstić information content (AvgIpc) is 2.44. The number of primary sulfonamides is 1. The van der Waals surface area contributed by atoms with Crippen LogP contribution >= 0.6 is 11.8 Å². The number of nitrogens with two attached hydrogens (primary N) is 1. The highest BCUT2D eigenvalue weighted by Crippen LogP contribution is 2.37. The summed E-state index contributed by atoms with van der Waals surface area (Å²) in [6.45, 7) is 0. The Labute approximate surface area is 145 Å². The Hall–Kier alpha value is -2.11. The number of benzene rings is 1. The van der Waals surface area contributed by atoms with Gasteiger partial charge in [-0.05, 0) is 29.8 Å². The lowest BCUT2D eigenvalue weighted by atomic mass is 10.2. The van der Waals surface area contributed by atoms with Crippen LogP contribution < -0.4 is 10.5 Å². The maximum Gasteiger partial charge on any atom is 0.447 e. The number of pyridine rings is 1. The number of hydrogen-bond donors (Lipinski definition) is 2. The van der Waals surface area contributed by atoms with Gasteiger partial charge in [0.15, 0.2) is 0 Å². The number of aromatic nitrogens is 1. The number of nitrogens with zero attached hydrogens (tertiary/aromatic N) is 1. The molecule has 2 rings (SSSR count). The molecule has 0 saturated heterocycles. The summed E-state index contributed by atoms with van der Waals surface area (Å²) in [6, 6.07) is 8.38. The van der Waals surface area contributed by atoms with Crippen LogP contribution in [0.15, 0.2) is 47.6 Å². The fraction of sp³-hybridized carbons (Fsp3) is 0.143. The number of thioether (sulfide) groups is 1. The molecule has 25 heavy (non-hydrogen) atoms. The quantitative estimate of drug-likeness (QED) is 0.763. The van der Waals surface area contributed by atoms with Crippen molar-refractivity contribution in [3.05, 3.63) is 53.7 Å². The van der Waals surface area contributed by atoms with E-state index in [9.17, 15) is 26.4 Å². The van der Waals surface area contributed by atoms with Crippen molar-refractivity contribution in [3.8, 4) is 0 Å². The first-order chi connectivity index (χ1) is 11.5. The maximum atomic E-state index is 12.5. The number of alkyl halides is 3. The molecule has 0 aliphatic rings. The van der Waals surface area contributed by atoms with Gasteiger partial charge in [0, 0.05) is 23.6 Å². The number of amides is 1. The van der Waals surface area contributed by atoms with Gasteiger partial charge in [-0.3, -0.25) is 4.79 Å². The number of rotatable bonds is 5. The average molecular weight is 391 g/mol. The van der Waals surface area contributed by atoms with Crippen LogP contribution in [0, 0.1) is 0 Å². The monoisotopic (exact) mass is 391 g/mol. The number of carbonyl (C=O) groups is 1. The highest BCUT2D eigenvalue weighted by molar-refractivity contribution is 8.00. The summed E-state index contributed by atoms with van der Waals surface area (Å²) < 4.78 is 59.8. The molecule has 1 amide bonds. The molecule has 0 radical (unpaired) electrons. The van der Waals surface area contributed by atoms with Crippen LogP contribution in [0.1, 0.15) is 15.9 Å². The van der Waals surface area contributed by atoms with Crippen LogP contribution in [0.5, 0.6) is 0 Å². The molecular formula is C14H12F3N3O3S2. The summed E-state index contributed by atoms with van der Waals surface area (Å²) in [5, 5.41) is 6.89. The van der Waals surface area contributed by atoms with Gasteiger partial charge in [0.1, 0.15) is 5.03 Å². The maximum absolute atomic E-state index is 12.5. The molecule has 0 aliphatic carbocycles. The lowest BCUT2D eigenvalue weighted by Gasteiger charge is -2.11. The van der Waals surface area contributed by atoms with Gasteiger partial charge in [0.25, 0.3) is 5.91 Å². The Bertz CT molecular complexity index is 886. The smallest absolute Gasteiger partial charge is 0.322 e. The molecule has 0 aliphatic heterocycles. The van der Waals surface area contributed by atoms with E-state index in [1.165, 1.54) is 36.4 Å². The van der Waals surface area contributed by atoms with Gasteiger partial charge in [-0.1, -0.05) is 12.1 Å². The van der Waals surface area contributed by atoms with Gasteiger partial charge in [0.05, 0.1) is 11.3 Å². The van der Waals surface area contributed by atoms with Crippen molar-refractivity contribution in [2.75, 3.05) is 5.32 Å². The summed E-state index contributed by atoms with van der Waals surface area (Å²) >= 11 is -0.491. The van der Waals surface area contributed by atoms with Crippen LogP contribution in [-0.4, -0.2) is 24.8 Å². The topological polar surface area (TPSA) is 102 Å². The van der Waals surface area contributed by atoms with E-state index in [0.29, 0.717) is 5.56 Å². The third kappa shape index (κ3) is 6.36. The van der Waals surface area contributed by atoms with Crippen molar-refractivity contribution in [1.29, 1.82) is 0 Å². The molecule has 3 N–H and O–H groups in total. The molecule has 1 aromatic carbocycles. The lowest BCUT2D eigenvalue weighted by Crippen LogP contribution is -2.16.